The Labute approximate surface area is 153 Å². The summed E-state index contributed by atoms with van der Waals surface area (Å²) < 4.78 is 0. The molecule has 0 bridgehead atoms. The lowest BCUT2D eigenvalue weighted by Crippen LogP contribution is -2.21. The molecule has 0 saturated carbocycles. The zero-order valence-corrected chi connectivity index (χ0v) is 15.1. The second-order valence-corrected chi connectivity index (χ2v) is 6.92. The largest absolute Gasteiger partial charge is 0.388 e. The molecule has 1 aromatic carbocycles. The molecule has 136 valence electrons. The Hall–Kier alpha value is -2.60. The summed E-state index contributed by atoms with van der Waals surface area (Å²) in [5.74, 6) is 1.62. The highest BCUT2D eigenvalue weighted by Crippen LogP contribution is 2.26. The molecule has 1 aliphatic rings. The van der Waals surface area contributed by atoms with Gasteiger partial charge in [-0.05, 0) is 37.8 Å². The van der Waals surface area contributed by atoms with Crippen molar-refractivity contribution in [1.29, 1.82) is 0 Å². The van der Waals surface area contributed by atoms with E-state index in [-0.39, 0.29) is 0 Å². The first-order valence-electron chi connectivity index (χ1n) is 9.30. The summed E-state index contributed by atoms with van der Waals surface area (Å²) in [5, 5.41) is 14.8. The van der Waals surface area contributed by atoms with Crippen molar-refractivity contribution in [2.24, 2.45) is 0 Å². The van der Waals surface area contributed by atoms with Gasteiger partial charge in [0.1, 0.15) is 11.5 Å². The van der Waals surface area contributed by atoms with Crippen LogP contribution in [0, 0.1) is 6.92 Å². The molecule has 1 saturated heterocycles. The van der Waals surface area contributed by atoms with Gasteiger partial charge in [0.2, 0.25) is 5.95 Å². The molecule has 2 aromatic heterocycles. The number of benzene rings is 1. The minimum absolute atomic E-state index is 0.480. The third-order valence-electron chi connectivity index (χ3n) is 4.89. The van der Waals surface area contributed by atoms with E-state index in [1.54, 1.807) is 0 Å². The van der Waals surface area contributed by atoms with E-state index in [1.807, 2.05) is 37.3 Å². The van der Waals surface area contributed by atoms with Gasteiger partial charge in [-0.15, -0.1) is 0 Å². The summed E-state index contributed by atoms with van der Waals surface area (Å²) in [6.07, 6.45) is 2.53. The van der Waals surface area contributed by atoms with Gasteiger partial charge in [-0.25, -0.2) is 0 Å². The van der Waals surface area contributed by atoms with Crippen molar-refractivity contribution in [1.82, 2.24) is 15.0 Å². The summed E-state index contributed by atoms with van der Waals surface area (Å²) in [5.41, 5.74) is 2.88. The minimum Gasteiger partial charge on any atom is -0.388 e. The van der Waals surface area contributed by atoms with Crippen LogP contribution in [-0.2, 0) is 0 Å². The zero-order valence-electron chi connectivity index (χ0n) is 15.1. The van der Waals surface area contributed by atoms with Crippen LogP contribution in [0.25, 0.3) is 11.0 Å². The fourth-order valence-electron chi connectivity index (χ4n) is 3.49. The number of aromatic amines is 1. The molecule has 4 rings (SSSR count). The van der Waals surface area contributed by atoms with Crippen LogP contribution in [0.15, 0.2) is 36.4 Å². The lowest BCUT2D eigenvalue weighted by atomic mass is 10.1. The van der Waals surface area contributed by atoms with Crippen molar-refractivity contribution in [3.63, 3.8) is 0 Å². The lowest BCUT2D eigenvalue weighted by Gasteiger charge is -2.17. The standard InChI is InChI=1S/C20H25N5O/c1-14-13-16-18(21-10-9-17(26)15-7-3-2-4-8-15)23-20(24-19(16)22-14)25-11-5-6-12-25/h2-4,7-8,13,17,26H,5-6,9-12H2,1H3,(H2,21,22,23,24). The molecule has 0 amide bonds. The SMILES string of the molecule is Cc1cc2c(NCCC(O)c3ccccc3)nc(N3CCCC3)nc2[nH]1. The van der Waals surface area contributed by atoms with E-state index in [0.717, 1.165) is 47.1 Å². The first-order valence-corrected chi connectivity index (χ1v) is 9.30. The van der Waals surface area contributed by atoms with Crippen molar-refractivity contribution in [3.05, 3.63) is 47.7 Å². The van der Waals surface area contributed by atoms with Gasteiger partial charge in [0.15, 0.2) is 0 Å². The predicted octanol–water partition coefficient (Wildman–Crippen LogP) is 3.40. The van der Waals surface area contributed by atoms with Crippen LogP contribution < -0.4 is 10.2 Å². The van der Waals surface area contributed by atoms with Gasteiger partial charge < -0.3 is 20.3 Å². The molecule has 1 unspecified atom stereocenters. The van der Waals surface area contributed by atoms with Crippen LogP contribution >= 0.6 is 0 Å². The number of nitrogens with one attached hydrogen (secondary N) is 2. The quantitative estimate of drug-likeness (QED) is 0.634. The minimum atomic E-state index is -0.480. The molecular weight excluding hydrogens is 326 g/mol. The maximum atomic E-state index is 10.4. The molecule has 1 fully saturated rings. The van der Waals surface area contributed by atoms with Crippen LogP contribution in [-0.4, -0.2) is 39.7 Å². The highest BCUT2D eigenvalue weighted by atomic mass is 16.3. The second-order valence-electron chi connectivity index (χ2n) is 6.92. The Kier molecular flexibility index (Phi) is 4.75. The molecule has 3 heterocycles. The van der Waals surface area contributed by atoms with E-state index in [0.29, 0.717) is 13.0 Å². The van der Waals surface area contributed by atoms with Gasteiger partial charge in [-0.3, -0.25) is 0 Å². The molecule has 0 radical (unpaired) electrons. The number of rotatable bonds is 6. The second kappa shape index (κ2) is 7.33. The van der Waals surface area contributed by atoms with Gasteiger partial charge in [0.25, 0.3) is 0 Å². The van der Waals surface area contributed by atoms with Gasteiger partial charge in [-0.1, -0.05) is 30.3 Å². The molecule has 0 aliphatic carbocycles. The molecule has 0 spiro atoms. The van der Waals surface area contributed by atoms with Gasteiger partial charge in [-0.2, -0.15) is 9.97 Å². The number of fused-ring (bicyclic) bond motifs is 1. The number of aliphatic hydroxyl groups is 1. The Bertz CT molecular complexity index is 871. The number of nitrogens with zero attached hydrogens (tertiary/aromatic N) is 3. The first-order chi connectivity index (χ1) is 12.7. The Morgan fingerprint density at radius 3 is 2.73 bits per heavy atom. The molecule has 26 heavy (non-hydrogen) atoms. The maximum Gasteiger partial charge on any atom is 0.229 e. The number of hydrogen-bond donors (Lipinski definition) is 3. The maximum absolute atomic E-state index is 10.4. The number of aromatic nitrogens is 3. The molecule has 6 nitrogen and oxygen atoms in total. The smallest absolute Gasteiger partial charge is 0.229 e. The Balaban J connectivity index is 1.51. The van der Waals surface area contributed by atoms with E-state index in [2.05, 4.69) is 21.3 Å². The zero-order chi connectivity index (χ0) is 17.9. The summed E-state index contributed by atoms with van der Waals surface area (Å²) in [6, 6.07) is 11.8. The van der Waals surface area contributed by atoms with Crippen LogP contribution in [0.5, 0.6) is 0 Å². The van der Waals surface area contributed by atoms with Gasteiger partial charge >= 0.3 is 0 Å². The van der Waals surface area contributed by atoms with E-state index in [1.165, 1.54) is 12.8 Å². The number of anilines is 2. The molecule has 6 heteroatoms. The monoisotopic (exact) mass is 351 g/mol. The van der Waals surface area contributed by atoms with Crippen LogP contribution in [0.2, 0.25) is 0 Å². The topological polar surface area (TPSA) is 77.1 Å². The van der Waals surface area contributed by atoms with Crippen LogP contribution in [0.3, 0.4) is 0 Å². The highest BCUT2D eigenvalue weighted by Gasteiger charge is 2.18. The average Bonchev–Trinajstić information content (AvgIpc) is 3.31. The van der Waals surface area contributed by atoms with E-state index < -0.39 is 6.10 Å². The predicted molar refractivity (Wildman–Crippen MR) is 105 cm³/mol. The summed E-state index contributed by atoms with van der Waals surface area (Å²) in [6.45, 7) is 4.70. The Morgan fingerprint density at radius 2 is 1.96 bits per heavy atom. The van der Waals surface area contributed by atoms with Crippen molar-refractivity contribution < 1.29 is 5.11 Å². The summed E-state index contributed by atoms with van der Waals surface area (Å²) in [4.78, 5) is 15.0. The fourth-order valence-corrected chi connectivity index (χ4v) is 3.49. The lowest BCUT2D eigenvalue weighted by molar-refractivity contribution is 0.171. The van der Waals surface area contributed by atoms with E-state index in [4.69, 9.17) is 9.97 Å². The molecule has 1 aliphatic heterocycles. The van der Waals surface area contributed by atoms with Crippen molar-refractivity contribution in [2.75, 3.05) is 29.9 Å². The van der Waals surface area contributed by atoms with Crippen LogP contribution in [0.4, 0.5) is 11.8 Å². The Morgan fingerprint density at radius 1 is 1.19 bits per heavy atom. The number of H-pyrrole nitrogens is 1. The fraction of sp³-hybridized carbons (Fsp3) is 0.400. The number of hydrogen-bond acceptors (Lipinski definition) is 5. The average molecular weight is 351 g/mol. The van der Waals surface area contributed by atoms with Crippen molar-refractivity contribution in [3.8, 4) is 0 Å². The number of aliphatic hydroxyl groups excluding tert-OH is 1. The third kappa shape index (κ3) is 3.51. The first kappa shape index (κ1) is 16.8. The normalized spacial score (nSPS) is 15.5. The molecule has 1 atom stereocenters. The third-order valence-corrected chi connectivity index (χ3v) is 4.89. The van der Waals surface area contributed by atoms with Crippen molar-refractivity contribution >= 4 is 22.8 Å². The van der Waals surface area contributed by atoms with Gasteiger partial charge in [0, 0.05) is 25.3 Å². The molecule has 3 N–H and O–H groups in total. The van der Waals surface area contributed by atoms with E-state index >= 15 is 0 Å². The summed E-state index contributed by atoms with van der Waals surface area (Å²) >= 11 is 0. The molecular formula is C20H25N5O. The van der Waals surface area contributed by atoms with Crippen molar-refractivity contribution in [2.45, 2.75) is 32.3 Å². The van der Waals surface area contributed by atoms with E-state index in [9.17, 15) is 5.11 Å². The molecule has 3 aromatic rings. The number of aryl methyl sites for hydroxylation is 1. The summed E-state index contributed by atoms with van der Waals surface area (Å²) in [7, 11) is 0. The van der Waals surface area contributed by atoms with Crippen LogP contribution in [0.1, 0.15) is 36.6 Å². The highest BCUT2D eigenvalue weighted by molar-refractivity contribution is 5.89. The van der Waals surface area contributed by atoms with Gasteiger partial charge in [0.05, 0.1) is 11.5 Å².